The molecule has 29 heavy (non-hydrogen) atoms. The maximum absolute atomic E-state index is 12.5. The predicted octanol–water partition coefficient (Wildman–Crippen LogP) is -3.09. The molecule has 0 bridgehead atoms. The number of amides is 3. The average Bonchev–Trinajstić information content (AvgIpc) is 2.59. The summed E-state index contributed by atoms with van der Waals surface area (Å²) in [6.45, 7) is 3.48. The summed E-state index contributed by atoms with van der Waals surface area (Å²) >= 11 is 0. The number of nitrogens with one attached hydrogen (secondary N) is 2. The number of hydrogen-bond donors (Lipinski definition) is 6. The van der Waals surface area contributed by atoms with Crippen LogP contribution in [0.25, 0.3) is 0 Å². The molecule has 0 aliphatic heterocycles. The van der Waals surface area contributed by atoms with E-state index in [4.69, 9.17) is 11.5 Å². The van der Waals surface area contributed by atoms with Crippen molar-refractivity contribution in [3.8, 4) is 0 Å². The highest BCUT2D eigenvalue weighted by molar-refractivity contribution is 7.90. The van der Waals surface area contributed by atoms with Crippen molar-refractivity contribution >= 4 is 27.6 Å². The first-order valence-corrected chi connectivity index (χ1v) is 11.2. The first-order chi connectivity index (χ1) is 13.2. The number of sulfone groups is 1. The number of primary amides is 1. The Bertz CT molecular complexity index is 766. The van der Waals surface area contributed by atoms with Gasteiger partial charge >= 0.3 is 0 Å². The average molecular weight is 435 g/mol. The molecule has 166 valence electrons. The minimum Gasteiger partial charge on any atom is -0.390 e. The smallest absolute Gasteiger partial charge is 0.247 e. The Morgan fingerprint density at radius 1 is 1.28 bits per heavy atom. The molecule has 0 radical (unpaired) electrons. The molecule has 0 aromatic heterocycles. The molecule has 12 heteroatoms. The van der Waals surface area contributed by atoms with E-state index in [1.807, 2.05) is 0 Å². The second kappa shape index (κ2) is 10.1. The van der Waals surface area contributed by atoms with Gasteiger partial charge in [0.1, 0.15) is 22.0 Å². The summed E-state index contributed by atoms with van der Waals surface area (Å²) in [5, 5.41) is 25.0. The maximum Gasteiger partial charge on any atom is 0.247 e. The van der Waals surface area contributed by atoms with Gasteiger partial charge in [-0.1, -0.05) is 19.9 Å². The molecule has 1 aliphatic rings. The maximum atomic E-state index is 12.5. The van der Waals surface area contributed by atoms with E-state index in [2.05, 4.69) is 10.6 Å². The molecule has 8 N–H and O–H groups in total. The number of aliphatic hydroxyl groups is 2. The van der Waals surface area contributed by atoms with E-state index in [-0.39, 0.29) is 30.1 Å². The van der Waals surface area contributed by atoms with Gasteiger partial charge in [0.15, 0.2) is 0 Å². The molecule has 3 amide bonds. The lowest BCUT2D eigenvalue weighted by molar-refractivity contribution is -0.126. The second-order valence-electron chi connectivity index (χ2n) is 7.61. The summed E-state index contributed by atoms with van der Waals surface area (Å²) < 4.78 is 22.6. The Kier molecular flexibility index (Phi) is 8.75. The van der Waals surface area contributed by atoms with Gasteiger partial charge in [-0.2, -0.15) is 0 Å². The Hall–Kier alpha value is -2.02. The van der Waals surface area contributed by atoms with Gasteiger partial charge in [0.2, 0.25) is 17.7 Å². The highest BCUT2D eigenvalue weighted by atomic mass is 32.2. The molecular weight excluding hydrogens is 404 g/mol. The molecule has 0 saturated carbocycles. The molecule has 0 fully saturated rings. The van der Waals surface area contributed by atoms with Crippen molar-refractivity contribution in [3.05, 3.63) is 11.6 Å². The van der Waals surface area contributed by atoms with Crippen LogP contribution in [0.5, 0.6) is 0 Å². The zero-order valence-electron chi connectivity index (χ0n) is 16.7. The molecule has 0 unspecified atom stereocenters. The van der Waals surface area contributed by atoms with Crippen molar-refractivity contribution in [1.29, 1.82) is 0 Å². The van der Waals surface area contributed by atoms with E-state index in [1.54, 1.807) is 13.8 Å². The topological polar surface area (TPSA) is 202 Å². The van der Waals surface area contributed by atoms with E-state index in [1.165, 1.54) is 6.08 Å². The third-order valence-electron chi connectivity index (χ3n) is 4.62. The normalized spacial score (nSPS) is 24.4. The van der Waals surface area contributed by atoms with Crippen LogP contribution in [0.15, 0.2) is 11.6 Å². The van der Waals surface area contributed by atoms with Crippen LogP contribution in [0.1, 0.15) is 26.7 Å². The van der Waals surface area contributed by atoms with E-state index in [0.29, 0.717) is 0 Å². The third kappa shape index (κ3) is 7.72. The van der Waals surface area contributed by atoms with Crippen LogP contribution in [0, 0.1) is 5.92 Å². The van der Waals surface area contributed by atoms with Gasteiger partial charge < -0.3 is 32.3 Å². The van der Waals surface area contributed by atoms with Crippen molar-refractivity contribution in [2.75, 3.05) is 12.0 Å². The van der Waals surface area contributed by atoms with Crippen LogP contribution < -0.4 is 22.1 Å². The minimum absolute atomic E-state index is 0.0109. The number of carbonyl (C=O) groups is 3. The van der Waals surface area contributed by atoms with Gasteiger partial charge in [0.05, 0.1) is 23.9 Å². The summed E-state index contributed by atoms with van der Waals surface area (Å²) in [5.74, 6) is -2.75. The summed E-state index contributed by atoms with van der Waals surface area (Å²) in [4.78, 5) is 36.2. The van der Waals surface area contributed by atoms with Crippen LogP contribution >= 0.6 is 0 Å². The fraction of sp³-hybridized carbons (Fsp3) is 0.706. The summed E-state index contributed by atoms with van der Waals surface area (Å²) in [7, 11) is -3.37. The molecule has 0 heterocycles. The van der Waals surface area contributed by atoms with Gasteiger partial charge in [0.25, 0.3) is 0 Å². The van der Waals surface area contributed by atoms with Crippen molar-refractivity contribution in [1.82, 2.24) is 10.6 Å². The molecule has 0 aromatic rings. The third-order valence-corrected chi connectivity index (χ3v) is 5.60. The van der Waals surface area contributed by atoms with Crippen molar-refractivity contribution in [2.24, 2.45) is 17.4 Å². The molecule has 1 rings (SSSR count). The van der Waals surface area contributed by atoms with Crippen LogP contribution in [-0.4, -0.2) is 78.7 Å². The molecule has 11 nitrogen and oxygen atoms in total. The first kappa shape index (κ1) is 25.0. The Labute approximate surface area is 169 Å². The van der Waals surface area contributed by atoms with E-state index < -0.39 is 57.9 Å². The predicted molar refractivity (Wildman–Crippen MR) is 105 cm³/mol. The van der Waals surface area contributed by atoms with Crippen molar-refractivity contribution in [2.45, 2.75) is 57.0 Å². The number of nitrogens with two attached hydrogens (primary N) is 2. The van der Waals surface area contributed by atoms with Crippen LogP contribution in [0.3, 0.4) is 0 Å². The van der Waals surface area contributed by atoms with Gasteiger partial charge in [-0.05, 0) is 12.3 Å². The summed E-state index contributed by atoms with van der Waals surface area (Å²) in [6, 6.07) is -3.15. The highest BCUT2D eigenvalue weighted by Gasteiger charge is 2.35. The number of rotatable bonds is 9. The Morgan fingerprint density at radius 3 is 2.34 bits per heavy atom. The van der Waals surface area contributed by atoms with Gasteiger partial charge in [0, 0.05) is 18.2 Å². The molecule has 0 spiro atoms. The van der Waals surface area contributed by atoms with Gasteiger partial charge in [-0.25, -0.2) is 8.42 Å². The standard InChI is InChI=1S/C17H30N4O7S/c1-8(2)13(18)17(26)21-11-6-9(7-12(22)14(11)23)16(25)20-10(15(19)24)4-5-29(3,27)28/h6,8,10-14,22-23H,4-5,7,18H2,1-3H3,(H2,19,24)(H,20,25)(H,21,26)/t10-,11+,12+,13+,14+/m0/s1. The van der Waals surface area contributed by atoms with E-state index >= 15 is 0 Å². The van der Waals surface area contributed by atoms with Crippen LogP contribution in [-0.2, 0) is 24.2 Å². The molecule has 0 saturated heterocycles. The molecule has 5 atom stereocenters. The Morgan fingerprint density at radius 2 is 1.86 bits per heavy atom. The Balaban J connectivity index is 2.94. The van der Waals surface area contributed by atoms with Crippen LogP contribution in [0.2, 0.25) is 0 Å². The lowest BCUT2D eigenvalue weighted by Crippen LogP contribution is -2.55. The minimum atomic E-state index is -3.37. The SMILES string of the molecule is CC(C)[C@@H](N)C(=O)N[C@@H]1C=C(C(=O)N[C@@H](CCS(C)(=O)=O)C(N)=O)C[C@@H](O)[C@@H]1O. The molecule has 0 aromatic carbocycles. The lowest BCUT2D eigenvalue weighted by Gasteiger charge is -2.32. The number of carbonyl (C=O) groups excluding carboxylic acids is 3. The second-order valence-corrected chi connectivity index (χ2v) is 9.86. The summed E-state index contributed by atoms with van der Waals surface area (Å²) in [5.41, 5.74) is 11.0. The number of hydrogen-bond acceptors (Lipinski definition) is 8. The van der Waals surface area contributed by atoms with Crippen LogP contribution in [0.4, 0.5) is 0 Å². The number of aliphatic hydroxyl groups excluding tert-OH is 2. The van der Waals surface area contributed by atoms with Gasteiger partial charge in [-0.3, -0.25) is 14.4 Å². The molecular formula is C17H30N4O7S. The molecule has 1 aliphatic carbocycles. The summed E-state index contributed by atoms with van der Waals surface area (Å²) in [6.07, 6.45) is -0.874. The first-order valence-electron chi connectivity index (χ1n) is 9.13. The van der Waals surface area contributed by atoms with Gasteiger partial charge in [-0.15, -0.1) is 0 Å². The van der Waals surface area contributed by atoms with Crippen molar-refractivity contribution in [3.63, 3.8) is 0 Å². The fourth-order valence-corrected chi connectivity index (χ4v) is 3.36. The quantitative estimate of drug-likeness (QED) is 0.219. The monoisotopic (exact) mass is 434 g/mol. The fourth-order valence-electron chi connectivity index (χ4n) is 2.70. The largest absolute Gasteiger partial charge is 0.390 e. The van der Waals surface area contributed by atoms with E-state index in [0.717, 1.165) is 6.26 Å². The van der Waals surface area contributed by atoms with E-state index in [9.17, 15) is 33.0 Å². The zero-order chi connectivity index (χ0) is 22.5. The van der Waals surface area contributed by atoms with Crippen molar-refractivity contribution < 1.29 is 33.0 Å². The zero-order valence-corrected chi connectivity index (χ0v) is 17.5. The lowest BCUT2D eigenvalue weighted by atomic mass is 9.89. The highest BCUT2D eigenvalue weighted by Crippen LogP contribution is 2.20.